The zero-order valence-corrected chi connectivity index (χ0v) is 13.0. The van der Waals surface area contributed by atoms with Crippen LogP contribution in [0.2, 0.25) is 0 Å². The van der Waals surface area contributed by atoms with Gasteiger partial charge in [-0.15, -0.1) is 0 Å². The predicted molar refractivity (Wildman–Crippen MR) is 77.9 cm³/mol. The molecule has 2 rings (SSSR count). The molecule has 1 aliphatic rings. The Labute approximate surface area is 124 Å². The van der Waals surface area contributed by atoms with Crippen LogP contribution < -0.4 is 10.0 Å². The summed E-state index contributed by atoms with van der Waals surface area (Å²) in [5.41, 5.74) is 0.563. The molecule has 7 heteroatoms. The maximum atomic E-state index is 13.4. The summed E-state index contributed by atoms with van der Waals surface area (Å²) in [5.74, 6) is -0.556. The molecule has 0 radical (unpaired) electrons. The summed E-state index contributed by atoms with van der Waals surface area (Å²) in [7, 11) is -2.11. The van der Waals surface area contributed by atoms with Gasteiger partial charge in [-0.2, -0.15) is 0 Å². The normalized spacial score (nSPS) is 22.0. The third-order valence-electron chi connectivity index (χ3n) is 3.63. The molecule has 0 atom stereocenters. The van der Waals surface area contributed by atoms with Gasteiger partial charge in [0.15, 0.2) is 0 Å². The van der Waals surface area contributed by atoms with Crippen molar-refractivity contribution in [3.8, 4) is 0 Å². The summed E-state index contributed by atoms with van der Waals surface area (Å²) in [6.07, 6.45) is 1.40. The average molecular weight is 316 g/mol. The van der Waals surface area contributed by atoms with Crippen molar-refractivity contribution in [1.29, 1.82) is 0 Å². The van der Waals surface area contributed by atoms with E-state index in [1.54, 1.807) is 7.11 Å². The zero-order chi connectivity index (χ0) is 15.5. The van der Waals surface area contributed by atoms with Crippen LogP contribution in [-0.4, -0.2) is 34.2 Å². The molecule has 2 N–H and O–H groups in total. The molecule has 0 heterocycles. The molecule has 0 spiro atoms. The molecule has 21 heavy (non-hydrogen) atoms. The first-order chi connectivity index (χ1) is 9.96. The minimum absolute atomic E-state index is 0.00400. The second-order valence-corrected chi connectivity index (χ2v) is 6.86. The highest BCUT2D eigenvalue weighted by molar-refractivity contribution is 7.89. The molecule has 1 fully saturated rings. The van der Waals surface area contributed by atoms with Crippen molar-refractivity contribution >= 4 is 10.0 Å². The first-order valence-electron chi connectivity index (χ1n) is 7.00. The fourth-order valence-electron chi connectivity index (χ4n) is 2.32. The minimum Gasteiger partial charge on any atom is -0.381 e. The Bertz CT molecular complexity index is 586. The molecule has 0 aliphatic heterocycles. The maximum absolute atomic E-state index is 13.4. The second kappa shape index (κ2) is 6.83. The van der Waals surface area contributed by atoms with Crippen LogP contribution in [0.4, 0.5) is 4.39 Å². The van der Waals surface area contributed by atoms with E-state index in [0.29, 0.717) is 31.5 Å². The quantitative estimate of drug-likeness (QED) is 0.798. The smallest absolute Gasteiger partial charge is 0.241 e. The fourth-order valence-corrected chi connectivity index (χ4v) is 3.83. The lowest BCUT2D eigenvalue weighted by Crippen LogP contribution is -2.47. The van der Waals surface area contributed by atoms with Crippen LogP contribution >= 0.6 is 0 Å². The highest BCUT2D eigenvalue weighted by atomic mass is 32.2. The van der Waals surface area contributed by atoms with Crippen LogP contribution in [-0.2, 0) is 21.3 Å². The standard InChI is InChI=1S/C14H21FN2O3S/c1-3-16-9-10-4-5-11(15)6-14(10)21(18,19)17-12-7-13(8-12)20-2/h4-6,12-13,16-17H,3,7-9H2,1-2H3. The van der Waals surface area contributed by atoms with Crippen molar-refractivity contribution in [3.05, 3.63) is 29.6 Å². The third kappa shape index (κ3) is 4.00. The number of hydrogen-bond acceptors (Lipinski definition) is 4. The number of ether oxygens (including phenoxy) is 1. The molecule has 0 aromatic heterocycles. The van der Waals surface area contributed by atoms with Crippen molar-refractivity contribution in [3.63, 3.8) is 0 Å². The molecule has 1 aliphatic carbocycles. The van der Waals surface area contributed by atoms with Crippen molar-refractivity contribution in [2.24, 2.45) is 0 Å². The minimum atomic E-state index is -3.72. The van der Waals surface area contributed by atoms with E-state index in [2.05, 4.69) is 10.0 Å². The van der Waals surface area contributed by atoms with Gasteiger partial charge in [-0.25, -0.2) is 17.5 Å². The van der Waals surface area contributed by atoms with E-state index in [0.717, 1.165) is 6.07 Å². The Balaban J connectivity index is 2.16. The van der Waals surface area contributed by atoms with Gasteiger partial charge in [-0.3, -0.25) is 0 Å². The van der Waals surface area contributed by atoms with Gasteiger partial charge in [0, 0.05) is 19.7 Å². The van der Waals surface area contributed by atoms with Gasteiger partial charge in [0.05, 0.1) is 11.0 Å². The van der Waals surface area contributed by atoms with Gasteiger partial charge in [-0.05, 0) is 37.1 Å². The number of nitrogens with one attached hydrogen (secondary N) is 2. The molecule has 1 saturated carbocycles. The number of hydrogen-bond donors (Lipinski definition) is 2. The number of sulfonamides is 1. The van der Waals surface area contributed by atoms with Crippen LogP contribution in [0.25, 0.3) is 0 Å². The van der Waals surface area contributed by atoms with E-state index in [1.807, 2.05) is 6.92 Å². The summed E-state index contributed by atoms with van der Waals surface area (Å²) < 4.78 is 46.0. The first kappa shape index (κ1) is 16.4. The van der Waals surface area contributed by atoms with Gasteiger partial charge >= 0.3 is 0 Å². The molecular weight excluding hydrogens is 295 g/mol. The molecule has 0 bridgehead atoms. The molecular formula is C14H21FN2O3S. The van der Waals surface area contributed by atoms with Crippen molar-refractivity contribution in [2.45, 2.75) is 43.4 Å². The van der Waals surface area contributed by atoms with Crippen LogP contribution in [0.3, 0.4) is 0 Å². The molecule has 0 unspecified atom stereocenters. The highest BCUT2D eigenvalue weighted by Gasteiger charge is 2.33. The van der Waals surface area contributed by atoms with Crippen LogP contribution in [0, 0.1) is 5.82 Å². The number of methoxy groups -OCH3 is 1. The third-order valence-corrected chi connectivity index (χ3v) is 5.24. The lowest BCUT2D eigenvalue weighted by Gasteiger charge is -2.34. The Morgan fingerprint density at radius 2 is 2.10 bits per heavy atom. The number of halogens is 1. The van der Waals surface area contributed by atoms with Crippen molar-refractivity contribution in [1.82, 2.24) is 10.0 Å². The van der Waals surface area contributed by atoms with E-state index in [4.69, 9.17) is 4.74 Å². The van der Waals surface area contributed by atoms with Gasteiger partial charge in [-0.1, -0.05) is 13.0 Å². The summed E-state index contributed by atoms with van der Waals surface area (Å²) >= 11 is 0. The van der Waals surface area contributed by atoms with Gasteiger partial charge in [0.25, 0.3) is 0 Å². The lowest BCUT2D eigenvalue weighted by atomic mass is 9.90. The summed E-state index contributed by atoms with van der Waals surface area (Å²) in [6.45, 7) is 3.02. The molecule has 5 nitrogen and oxygen atoms in total. The fraction of sp³-hybridized carbons (Fsp3) is 0.571. The van der Waals surface area contributed by atoms with E-state index in [1.165, 1.54) is 12.1 Å². The van der Waals surface area contributed by atoms with Crippen molar-refractivity contribution in [2.75, 3.05) is 13.7 Å². The second-order valence-electron chi connectivity index (χ2n) is 5.18. The number of benzene rings is 1. The Hall–Kier alpha value is -1.02. The summed E-state index contributed by atoms with van der Waals surface area (Å²) in [4.78, 5) is 0.00400. The summed E-state index contributed by atoms with van der Waals surface area (Å²) in [5, 5.41) is 3.06. The van der Waals surface area contributed by atoms with E-state index < -0.39 is 15.8 Å². The van der Waals surface area contributed by atoms with Crippen LogP contribution in [0.5, 0.6) is 0 Å². The van der Waals surface area contributed by atoms with E-state index in [9.17, 15) is 12.8 Å². The Kier molecular flexibility index (Phi) is 5.32. The molecule has 0 saturated heterocycles. The zero-order valence-electron chi connectivity index (χ0n) is 12.2. The SMILES string of the molecule is CCNCc1ccc(F)cc1S(=O)(=O)NC1CC(OC)C1. The van der Waals surface area contributed by atoms with E-state index >= 15 is 0 Å². The monoisotopic (exact) mass is 316 g/mol. The van der Waals surface area contributed by atoms with Gasteiger partial charge in [0.2, 0.25) is 10.0 Å². The topological polar surface area (TPSA) is 67.4 Å². The largest absolute Gasteiger partial charge is 0.381 e. The molecule has 118 valence electrons. The van der Waals surface area contributed by atoms with Crippen LogP contribution in [0.1, 0.15) is 25.3 Å². The highest BCUT2D eigenvalue weighted by Crippen LogP contribution is 2.25. The summed E-state index contributed by atoms with van der Waals surface area (Å²) in [6, 6.07) is 3.71. The van der Waals surface area contributed by atoms with Crippen LogP contribution in [0.15, 0.2) is 23.1 Å². The Morgan fingerprint density at radius 1 is 1.38 bits per heavy atom. The number of rotatable bonds is 7. The predicted octanol–water partition coefficient (Wildman–Crippen LogP) is 1.39. The van der Waals surface area contributed by atoms with Gasteiger partial charge < -0.3 is 10.1 Å². The first-order valence-corrected chi connectivity index (χ1v) is 8.49. The molecule has 1 aromatic carbocycles. The van der Waals surface area contributed by atoms with E-state index in [-0.39, 0.29) is 17.0 Å². The Morgan fingerprint density at radius 3 is 2.71 bits per heavy atom. The lowest BCUT2D eigenvalue weighted by molar-refractivity contribution is 0.0236. The van der Waals surface area contributed by atoms with Crippen molar-refractivity contribution < 1.29 is 17.5 Å². The van der Waals surface area contributed by atoms with Gasteiger partial charge in [0.1, 0.15) is 5.82 Å². The molecule has 1 aromatic rings. The average Bonchev–Trinajstić information content (AvgIpc) is 2.41. The molecule has 0 amide bonds. The maximum Gasteiger partial charge on any atom is 0.241 e.